The number of para-hydroxylation sites is 1. The molecule has 0 aliphatic heterocycles. The van der Waals surface area contributed by atoms with Crippen LogP contribution in [-0.2, 0) is 4.79 Å². The summed E-state index contributed by atoms with van der Waals surface area (Å²) in [6.45, 7) is 5.34. The van der Waals surface area contributed by atoms with Crippen LogP contribution in [0.3, 0.4) is 0 Å². The molecule has 1 atom stereocenters. The minimum Gasteiger partial charge on any atom is -0.394 e. The van der Waals surface area contributed by atoms with Crippen molar-refractivity contribution in [3.63, 3.8) is 0 Å². The van der Waals surface area contributed by atoms with Gasteiger partial charge in [-0.3, -0.25) is 4.79 Å². The fraction of sp³-hybridized carbons (Fsp3) is 0.429. The van der Waals surface area contributed by atoms with Crippen molar-refractivity contribution in [3.05, 3.63) is 24.3 Å². The van der Waals surface area contributed by atoms with Crippen molar-refractivity contribution >= 4 is 39.2 Å². The van der Waals surface area contributed by atoms with Gasteiger partial charge in [0.1, 0.15) is 0 Å². The van der Waals surface area contributed by atoms with Crippen molar-refractivity contribution in [3.8, 4) is 0 Å². The van der Waals surface area contributed by atoms with E-state index in [0.717, 1.165) is 14.6 Å². The molecule has 6 heteroatoms. The van der Waals surface area contributed by atoms with Crippen LogP contribution in [0.5, 0.6) is 0 Å². The molecule has 1 unspecified atom stereocenters. The third kappa shape index (κ3) is 3.71. The molecule has 4 nitrogen and oxygen atoms in total. The molecule has 1 aromatic carbocycles. The maximum atomic E-state index is 12.1. The number of nitrogens with zero attached hydrogens (tertiary/aromatic N) is 1. The van der Waals surface area contributed by atoms with Gasteiger partial charge in [-0.25, -0.2) is 4.98 Å². The largest absolute Gasteiger partial charge is 0.394 e. The van der Waals surface area contributed by atoms with Crippen LogP contribution in [0.25, 0.3) is 10.2 Å². The third-order valence-corrected chi connectivity index (χ3v) is 5.01. The van der Waals surface area contributed by atoms with Crippen molar-refractivity contribution < 1.29 is 9.90 Å². The van der Waals surface area contributed by atoms with Gasteiger partial charge in [0.05, 0.1) is 27.6 Å². The molecule has 0 spiro atoms. The van der Waals surface area contributed by atoms with Gasteiger partial charge in [-0.15, -0.1) is 11.3 Å². The SMILES string of the molecule is CC(Sc1nc2ccccc2s1)C(=O)NC(C)(C)CO. The summed E-state index contributed by atoms with van der Waals surface area (Å²) in [4.78, 5) is 16.6. The van der Waals surface area contributed by atoms with Gasteiger partial charge < -0.3 is 10.4 Å². The number of thiazole rings is 1. The highest BCUT2D eigenvalue weighted by atomic mass is 32.2. The van der Waals surface area contributed by atoms with E-state index in [1.807, 2.05) is 31.2 Å². The molecule has 108 valence electrons. The Balaban J connectivity index is 2.03. The molecule has 2 N–H and O–H groups in total. The van der Waals surface area contributed by atoms with Gasteiger partial charge in [0, 0.05) is 0 Å². The molecule has 0 aliphatic rings. The summed E-state index contributed by atoms with van der Waals surface area (Å²) in [6, 6.07) is 7.93. The highest BCUT2D eigenvalue weighted by Crippen LogP contribution is 2.31. The second kappa shape index (κ2) is 6.11. The van der Waals surface area contributed by atoms with E-state index in [2.05, 4.69) is 10.3 Å². The van der Waals surface area contributed by atoms with Crippen LogP contribution in [-0.4, -0.2) is 33.4 Å². The molecule has 20 heavy (non-hydrogen) atoms. The molecular weight excluding hydrogens is 292 g/mol. The van der Waals surface area contributed by atoms with Gasteiger partial charge in [-0.2, -0.15) is 0 Å². The van der Waals surface area contributed by atoms with E-state index in [1.54, 1.807) is 25.2 Å². The number of aliphatic hydroxyl groups excluding tert-OH is 1. The fourth-order valence-corrected chi connectivity index (χ4v) is 3.79. The van der Waals surface area contributed by atoms with Crippen LogP contribution in [0.15, 0.2) is 28.6 Å². The van der Waals surface area contributed by atoms with E-state index >= 15 is 0 Å². The molecule has 1 heterocycles. The first-order chi connectivity index (χ1) is 9.41. The van der Waals surface area contributed by atoms with Gasteiger partial charge in [0.25, 0.3) is 0 Å². The van der Waals surface area contributed by atoms with Crippen LogP contribution in [0.4, 0.5) is 0 Å². The standard InChI is InChI=1S/C14H18N2O2S2/c1-9(12(18)16-14(2,3)8-17)19-13-15-10-6-4-5-7-11(10)20-13/h4-7,9,17H,8H2,1-3H3,(H,16,18). The lowest BCUT2D eigenvalue weighted by Gasteiger charge is -2.25. The average Bonchev–Trinajstić information content (AvgIpc) is 2.80. The second-order valence-electron chi connectivity index (χ2n) is 5.24. The number of nitrogens with one attached hydrogen (secondary N) is 1. The van der Waals surface area contributed by atoms with Crippen LogP contribution in [0.2, 0.25) is 0 Å². The van der Waals surface area contributed by atoms with Gasteiger partial charge in [-0.1, -0.05) is 23.9 Å². The van der Waals surface area contributed by atoms with Crippen molar-refractivity contribution in [1.82, 2.24) is 10.3 Å². The number of hydrogen-bond acceptors (Lipinski definition) is 5. The van der Waals surface area contributed by atoms with Crippen molar-refractivity contribution in [2.45, 2.75) is 35.9 Å². The summed E-state index contributed by atoms with van der Waals surface area (Å²) in [7, 11) is 0. The van der Waals surface area contributed by atoms with Gasteiger partial charge in [0.15, 0.2) is 4.34 Å². The van der Waals surface area contributed by atoms with Crippen LogP contribution in [0, 0.1) is 0 Å². The number of thioether (sulfide) groups is 1. The normalized spacial score (nSPS) is 13.4. The molecule has 2 aromatic rings. The first-order valence-corrected chi connectivity index (χ1v) is 8.06. The average molecular weight is 310 g/mol. The van der Waals surface area contributed by atoms with E-state index in [0.29, 0.717) is 0 Å². The van der Waals surface area contributed by atoms with Gasteiger partial charge in [-0.05, 0) is 32.9 Å². The number of carbonyl (C=O) groups is 1. The zero-order valence-electron chi connectivity index (χ0n) is 11.7. The van der Waals surface area contributed by atoms with Crippen molar-refractivity contribution in [2.24, 2.45) is 0 Å². The summed E-state index contributed by atoms with van der Waals surface area (Å²) in [5, 5.41) is 11.8. The minimum atomic E-state index is -0.598. The number of fused-ring (bicyclic) bond motifs is 1. The summed E-state index contributed by atoms with van der Waals surface area (Å²) in [5.74, 6) is -0.0895. The number of aliphatic hydroxyl groups is 1. The van der Waals surface area contributed by atoms with Crippen LogP contribution < -0.4 is 5.32 Å². The lowest BCUT2D eigenvalue weighted by atomic mass is 10.1. The Morgan fingerprint density at radius 3 is 2.85 bits per heavy atom. The Hall–Kier alpha value is -1.11. The van der Waals surface area contributed by atoms with Gasteiger partial charge >= 0.3 is 0 Å². The van der Waals surface area contributed by atoms with E-state index in [4.69, 9.17) is 0 Å². The lowest BCUT2D eigenvalue weighted by molar-refractivity contribution is -0.122. The Kier molecular flexibility index (Phi) is 4.67. The zero-order valence-corrected chi connectivity index (χ0v) is 13.3. The number of carbonyl (C=O) groups excluding carboxylic acids is 1. The number of amides is 1. The first kappa shape index (κ1) is 15.3. The molecule has 2 rings (SSSR count). The molecule has 1 amide bonds. The molecule has 1 aromatic heterocycles. The fourth-order valence-electron chi connectivity index (χ4n) is 1.58. The highest BCUT2D eigenvalue weighted by Gasteiger charge is 2.24. The first-order valence-electron chi connectivity index (χ1n) is 6.36. The number of rotatable bonds is 5. The number of benzene rings is 1. The highest BCUT2D eigenvalue weighted by molar-refractivity contribution is 8.02. The van der Waals surface area contributed by atoms with E-state index in [9.17, 15) is 9.90 Å². The second-order valence-corrected chi connectivity index (χ2v) is 7.86. The number of hydrogen-bond donors (Lipinski definition) is 2. The molecule has 0 aliphatic carbocycles. The topological polar surface area (TPSA) is 62.2 Å². The summed E-state index contributed by atoms with van der Waals surface area (Å²) in [6.07, 6.45) is 0. The molecular formula is C14H18N2O2S2. The Morgan fingerprint density at radius 2 is 2.20 bits per heavy atom. The van der Waals surface area contributed by atoms with Crippen LogP contribution >= 0.6 is 23.1 Å². The molecule has 0 fully saturated rings. The molecule has 0 radical (unpaired) electrons. The zero-order chi connectivity index (χ0) is 14.8. The summed E-state index contributed by atoms with van der Waals surface area (Å²) >= 11 is 3.03. The summed E-state index contributed by atoms with van der Waals surface area (Å²) in [5.41, 5.74) is 0.364. The van der Waals surface area contributed by atoms with Crippen molar-refractivity contribution in [2.75, 3.05) is 6.61 Å². The Labute approximate surface area is 126 Å². The summed E-state index contributed by atoms with van der Waals surface area (Å²) < 4.78 is 2.01. The lowest BCUT2D eigenvalue weighted by Crippen LogP contribution is -2.48. The van der Waals surface area contributed by atoms with Crippen molar-refractivity contribution in [1.29, 1.82) is 0 Å². The monoisotopic (exact) mass is 310 g/mol. The van der Waals surface area contributed by atoms with Crippen LogP contribution in [0.1, 0.15) is 20.8 Å². The minimum absolute atomic E-state index is 0.0860. The Bertz CT molecular complexity index is 577. The van der Waals surface area contributed by atoms with Gasteiger partial charge in [0.2, 0.25) is 5.91 Å². The van der Waals surface area contributed by atoms with E-state index in [-0.39, 0.29) is 17.8 Å². The Morgan fingerprint density at radius 1 is 1.50 bits per heavy atom. The predicted molar refractivity (Wildman–Crippen MR) is 84.2 cm³/mol. The third-order valence-electron chi connectivity index (χ3n) is 2.78. The maximum Gasteiger partial charge on any atom is 0.233 e. The number of aromatic nitrogens is 1. The predicted octanol–water partition coefficient (Wildman–Crippen LogP) is 2.66. The quantitative estimate of drug-likeness (QED) is 0.834. The van der Waals surface area contributed by atoms with E-state index in [1.165, 1.54) is 11.8 Å². The van der Waals surface area contributed by atoms with E-state index < -0.39 is 5.54 Å². The molecule has 0 bridgehead atoms. The maximum absolute atomic E-state index is 12.1. The molecule has 0 saturated heterocycles. The smallest absolute Gasteiger partial charge is 0.233 e. The molecule has 0 saturated carbocycles.